The van der Waals surface area contributed by atoms with Crippen LogP contribution in [-0.4, -0.2) is 27.3 Å². The third kappa shape index (κ3) is 3.68. The second-order valence-corrected chi connectivity index (χ2v) is 6.20. The van der Waals surface area contributed by atoms with Gasteiger partial charge in [-0.2, -0.15) is 17.9 Å². The molecule has 26 heavy (non-hydrogen) atoms. The quantitative estimate of drug-likeness (QED) is 0.706. The van der Waals surface area contributed by atoms with Gasteiger partial charge in [0, 0.05) is 12.7 Å². The predicted molar refractivity (Wildman–Crippen MR) is 92.2 cm³/mol. The number of hydrogen-bond acceptors (Lipinski definition) is 4. The highest BCUT2D eigenvalue weighted by Gasteiger charge is 2.30. The first-order valence-corrected chi connectivity index (χ1v) is 7.99. The predicted octanol–water partition coefficient (Wildman–Crippen LogP) is 3.93. The maximum Gasteiger partial charge on any atom is 0.416 e. The van der Waals surface area contributed by atoms with Crippen LogP contribution in [0.15, 0.2) is 42.5 Å². The summed E-state index contributed by atoms with van der Waals surface area (Å²) >= 11 is 0. The van der Waals surface area contributed by atoms with E-state index in [2.05, 4.69) is 21.6 Å². The first kappa shape index (κ1) is 17.9. The van der Waals surface area contributed by atoms with Gasteiger partial charge in [-0.15, -0.1) is 5.10 Å². The Morgan fingerprint density at radius 2 is 1.73 bits per heavy atom. The van der Waals surface area contributed by atoms with Crippen molar-refractivity contribution in [2.75, 3.05) is 11.9 Å². The molecule has 136 valence electrons. The van der Waals surface area contributed by atoms with Gasteiger partial charge in [-0.25, -0.2) is 0 Å². The van der Waals surface area contributed by atoms with E-state index in [9.17, 15) is 13.2 Å². The van der Waals surface area contributed by atoms with E-state index in [-0.39, 0.29) is 0 Å². The first-order chi connectivity index (χ1) is 12.3. The number of nitrogens with zero attached hydrogens (tertiary/aromatic N) is 5. The molecule has 0 atom stereocenters. The van der Waals surface area contributed by atoms with Gasteiger partial charge in [0.15, 0.2) is 5.82 Å². The molecule has 0 saturated carbocycles. The van der Waals surface area contributed by atoms with Crippen LogP contribution in [0.3, 0.4) is 0 Å². The van der Waals surface area contributed by atoms with Crippen LogP contribution in [0.4, 0.5) is 18.9 Å². The summed E-state index contributed by atoms with van der Waals surface area (Å²) in [5.74, 6) is 0.535. The van der Waals surface area contributed by atoms with Gasteiger partial charge in [0.2, 0.25) is 0 Å². The van der Waals surface area contributed by atoms with E-state index in [0.717, 1.165) is 28.9 Å². The molecule has 1 heterocycles. The smallest absolute Gasteiger partial charge is 0.367 e. The maximum absolute atomic E-state index is 12.7. The second-order valence-electron chi connectivity index (χ2n) is 6.20. The van der Waals surface area contributed by atoms with Crippen molar-refractivity contribution in [1.82, 2.24) is 20.2 Å². The van der Waals surface area contributed by atoms with Crippen LogP contribution in [0.25, 0.3) is 5.69 Å². The minimum absolute atomic E-state index is 0.415. The fraction of sp³-hybridized carbons (Fsp3) is 0.278. The molecule has 5 nitrogen and oxygen atoms in total. The molecule has 0 aliphatic carbocycles. The van der Waals surface area contributed by atoms with E-state index in [1.165, 1.54) is 16.8 Å². The monoisotopic (exact) mass is 361 g/mol. The number of halogens is 3. The van der Waals surface area contributed by atoms with Gasteiger partial charge in [0.05, 0.1) is 17.8 Å². The largest absolute Gasteiger partial charge is 0.416 e. The molecule has 2 aromatic carbocycles. The van der Waals surface area contributed by atoms with Crippen LogP contribution in [0.1, 0.15) is 22.5 Å². The number of rotatable bonds is 4. The Kier molecular flexibility index (Phi) is 4.67. The number of alkyl halides is 3. The van der Waals surface area contributed by atoms with Crippen molar-refractivity contribution >= 4 is 5.69 Å². The molecular weight excluding hydrogens is 343 g/mol. The van der Waals surface area contributed by atoms with Crippen molar-refractivity contribution in [3.8, 4) is 5.69 Å². The third-order valence-corrected chi connectivity index (χ3v) is 4.13. The van der Waals surface area contributed by atoms with E-state index in [4.69, 9.17) is 0 Å². The highest BCUT2D eigenvalue weighted by Crippen LogP contribution is 2.29. The van der Waals surface area contributed by atoms with Gasteiger partial charge < -0.3 is 4.90 Å². The summed E-state index contributed by atoms with van der Waals surface area (Å²) in [6.07, 6.45) is -4.37. The van der Waals surface area contributed by atoms with E-state index in [1.807, 2.05) is 37.9 Å². The summed E-state index contributed by atoms with van der Waals surface area (Å²) in [6.45, 7) is 4.45. The molecule has 0 aliphatic heterocycles. The summed E-state index contributed by atoms with van der Waals surface area (Å²) in [4.78, 5) is 2.01. The van der Waals surface area contributed by atoms with E-state index in [1.54, 1.807) is 0 Å². The minimum Gasteiger partial charge on any atom is -0.367 e. The zero-order valence-corrected chi connectivity index (χ0v) is 14.6. The van der Waals surface area contributed by atoms with Gasteiger partial charge >= 0.3 is 6.18 Å². The molecule has 0 radical (unpaired) electrons. The van der Waals surface area contributed by atoms with Crippen LogP contribution in [-0.2, 0) is 12.7 Å². The van der Waals surface area contributed by atoms with Gasteiger partial charge in [0.1, 0.15) is 0 Å². The van der Waals surface area contributed by atoms with Crippen molar-refractivity contribution in [2.24, 2.45) is 0 Å². The summed E-state index contributed by atoms with van der Waals surface area (Å²) < 4.78 is 39.6. The lowest BCUT2D eigenvalue weighted by Gasteiger charge is -2.21. The fourth-order valence-electron chi connectivity index (χ4n) is 2.72. The van der Waals surface area contributed by atoms with Gasteiger partial charge in [0.25, 0.3) is 0 Å². The molecule has 1 aromatic heterocycles. The van der Waals surface area contributed by atoms with E-state index in [0.29, 0.717) is 18.1 Å². The molecule has 0 aliphatic rings. The molecule has 0 fully saturated rings. The molecule has 0 unspecified atom stereocenters. The summed E-state index contributed by atoms with van der Waals surface area (Å²) in [6, 6.07) is 10.9. The molecule has 0 N–H and O–H groups in total. The Bertz CT molecular complexity index is 900. The molecule has 0 spiro atoms. The van der Waals surface area contributed by atoms with E-state index < -0.39 is 11.7 Å². The van der Waals surface area contributed by atoms with Crippen molar-refractivity contribution in [2.45, 2.75) is 26.6 Å². The third-order valence-electron chi connectivity index (χ3n) is 4.13. The van der Waals surface area contributed by atoms with Gasteiger partial charge in [-0.3, -0.25) is 0 Å². The van der Waals surface area contributed by atoms with Gasteiger partial charge in [-0.05, 0) is 65.7 Å². The number of tetrazole rings is 1. The Balaban J connectivity index is 1.86. The zero-order chi connectivity index (χ0) is 18.9. The zero-order valence-electron chi connectivity index (χ0n) is 14.6. The number of aromatic nitrogens is 4. The topological polar surface area (TPSA) is 46.8 Å². The lowest BCUT2D eigenvalue weighted by Crippen LogP contribution is -2.20. The summed E-state index contributed by atoms with van der Waals surface area (Å²) in [7, 11) is 1.92. The number of anilines is 1. The lowest BCUT2D eigenvalue weighted by molar-refractivity contribution is -0.137. The lowest BCUT2D eigenvalue weighted by atomic mass is 10.1. The summed E-state index contributed by atoms with van der Waals surface area (Å²) in [5.41, 5.74) is 3.08. The van der Waals surface area contributed by atoms with Crippen LogP contribution in [0.2, 0.25) is 0 Å². The Morgan fingerprint density at radius 3 is 2.38 bits per heavy atom. The Hall–Kier alpha value is -2.90. The maximum atomic E-state index is 12.7. The molecule has 0 amide bonds. The number of benzene rings is 2. The minimum atomic E-state index is -4.37. The molecule has 3 aromatic rings. The van der Waals surface area contributed by atoms with Crippen LogP contribution >= 0.6 is 0 Å². The van der Waals surface area contributed by atoms with Crippen molar-refractivity contribution in [3.05, 3.63) is 65.0 Å². The number of hydrogen-bond donors (Lipinski definition) is 0. The molecule has 8 heteroatoms. The van der Waals surface area contributed by atoms with Crippen LogP contribution in [0, 0.1) is 13.8 Å². The van der Waals surface area contributed by atoms with Gasteiger partial charge in [-0.1, -0.05) is 12.1 Å². The molecular formula is C18H18F3N5. The highest BCUT2D eigenvalue weighted by atomic mass is 19.4. The van der Waals surface area contributed by atoms with Crippen LogP contribution < -0.4 is 4.90 Å². The Labute approximate surface area is 149 Å². The fourth-order valence-corrected chi connectivity index (χ4v) is 2.72. The SMILES string of the molecule is Cc1ccc(C)c(N(C)Cc2nnnn2-c2ccc(C(F)(F)F)cc2)c1. The van der Waals surface area contributed by atoms with Crippen molar-refractivity contribution in [3.63, 3.8) is 0 Å². The highest BCUT2D eigenvalue weighted by molar-refractivity contribution is 5.54. The first-order valence-electron chi connectivity index (χ1n) is 7.99. The standard InChI is InChI=1S/C18H18F3N5/c1-12-4-5-13(2)16(10-12)25(3)11-17-22-23-24-26(17)15-8-6-14(7-9-15)18(19,20)21/h4-10H,11H2,1-3H3. The second kappa shape index (κ2) is 6.78. The number of aryl methyl sites for hydroxylation is 2. The van der Waals surface area contributed by atoms with Crippen molar-refractivity contribution in [1.29, 1.82) is 0 Å². The molecule has 0 saturated heterocycles. The van der Waals surface area contributed by atoms with Crippen molar-refractivity contribution < 1.29 is 13.2 Å². The van der Waals surface area contributed by atoms with Crippen LogP contribution in [0.5, 0.6) is 0 Å². The average Bonchev–Trinajstić information content (AvgIpc) is 3.04. The van der Waals surface area contributed by atoms with E-state index >= 15 is 0 Å². The molecule has 0 bridgehead atoms. The molecule has 3 rings (SSSR count). The normalized spacial score (nSPS) is 11.6. The Morgan fingerprint density at radius 1 is 1.04 bits per heavy atom. The summed E-state index contributed by atoms with van der Waals surface area (Å²) in [5, 5.41) is 11.6. The average molecular weight is 361 g/mol.